The predicted octanol–water partition coefficient (Wildman–Crippen LogP) is 2.48. The van der Waals surface area contributed by atoms with Gasteiger partial charge in [-0.2, -0.15) is 0 Å². The molecule has 9 heteroatoms. The van der Waals surface area contributed by atoms with Crippen LogP contribution in [0.2, 0.25) is 0 Å². The lowest BCUT2D eigenvalue weighted by Crippen LogP contribution is -2.36. The van der Waals surface area contributed by atoms with Gasteiger partial charge in [0.1, 0.15) is 16.7 Å². The monoisotopic (exact) mass is 404 g/mol. The van der Waals surface area contributed by atoms with Gasteiger partial charge >= 0.3 is 0 Å². The molecule has 3 aromatic rings. The highest BCUT2D eigenvalue weighted by molar-refractivity contribution is 9.10. The molecule has 130 valence electrons. The molecule has 1 aliphatic heterocycles. The van der Waals surface area contributed by atoms with Crippen LogP contribution >= 0.6 is 15.9 Å². The van der Waals surface area contributed by atoms with E-state index in [4.69, 9.17) is 9.47 Å². The van der Waals surface area contributed by atoms with E-state index in [9.17, 15) is 0 Å². The third-order valence-electron chi connectivity index (χ3n) is 4.04. The molecule has 8 nitrogen and oxygen atoms in total. The van der Waals surface area contributed by atoms with Crippen molar-refractivity contribution < 1.29 is 9.47 Å². The highest BCUT2D eigenvalue weighted by Crippen LogP contribution is 2.33. The van der Waals surface area contributed by atoms with E-state index < -0.39 is 0 Å². The van der Waals surface area contributed by atoms with Gasteiger partial charge in [0.2, 0.25) is 5.65 Å². The van der Waals surface area contributed by atoms with Gasteiger partial charge in [0.15, 0.2) is 5.82 Å². The van der Waals surface area contributed by atoms with E-state index >= 15 is 0 Å². The van der Waals surface area contributed by atoms with Gasteiger partial charge in [-0.05, 0) is 28.1 Å². The molecule has 1 saturated heterocycles. The van der Waals surface area contributed by atoms with Crippen molar-refractivity contribution in [2.24, 2.45) is 0 Å². The number of rotatable bonds is 4. The minimum atomic E-state index is 0.619. The van der Waals surface area contributed by atoms with Crippen LogP contribution < -0.4 is 15.0 Å². The lowest BCUT2D eigenvalue weighted by atomic mass is 10.2. The summed E-state index contributed by atoms with van der Waals surface area (Å²) in [5.74, 6) is 1.42. The van der Waals surface area contributed by atoms with Gasteiger partial charge in [0, 0.05) is 31.0 Å². The van der Waals surface area contributed by atoms with Gasteiger partial charge in [-0.1, -0.05) is 0 Å². The van der Waals surface area contributed by atoms with E-state index in [2.05, 4.69) is 41.3 Å². The van der Waals surface area contributed by atoms with E-state index in [1.165, 1.54) is 0 Å². The van der Waals surface area contributed by atoms with Crippen LogP contribution in [-0.4, -0.2) is 53.0 Å². The molecule has 1 aliphatic rings. The van der Waals surface area contributed by atoms with Crippen LogP contribution in [0.25, 0.3) is 5.65 Å². The zero-order chi connectivity index (χ0) is 17.2. The molecule has 1 N–H and O–H groups in total. The molecule has 0 atom stereocenters. The minimum Gasteiger partial charge on any atom is -0.495 e. The van der Waals surface area contributed by atoms with Crippen molar-refractivity contribution in [3.8, 4) is 5.75 Å². The number of hydrogen-bond donors (Lipinski definition) is 1. The summed E-state index contributed by atoms with van der Waals surface area (Å²) >= 11 is 3.40. The zero-order valence-corrected chi connectivity index (χ0v) is 15.2. The topological polar surface area (TPSA) is 76.8 Å². The molecule has 0 spiro atoms. The summed E-state index contributed by atoms with van der Waals surface area (Å²) in [6, 6.07) is 6.01. The van der Waals surface area contributed by atoms with Gasteiger partial charge in [-0.15, -0.1) is 10.2 Å². The Kier molecular flexibility index (Phi) is 4.41. The number of nitrogens with zero attached hydrogens (tertiary/aromatic N) is 5. The Hall–Kier alpha value is -2.39. The molecule has 0 unspecified atom stereocenters. The van der Waals surface area contributed by atoms with Crippen LogP contribution in [0.1, 0.15) is 0 Å². The fourth-order valence-corrected chi connectivity index (χ4v) is 3.25. The van der Waals surface area contributed by atoms with Crippen LogP contribution in [0.15, 0.2) is 35.3 Å². The third kappa shape index (κ3) is 3.24. The lowest BCUT2D eigenvalue weighted by Gasteiger charge is -2.30. The molecule has 0 radical (unpaired) electrons. The summed E-state index contributed by atoms with van der Waals surface area (Å²) in [4.78, 5) is 6.72. The maximum Gasteiger partial charge on any atom is 0.203 e. The summed E-state index contributed by atoms with van der Waals surface area (Å²) in [6.07, 6.45) is 3.44. The van der Waals surface area contributed by atoms with Crippen LogP contribution in [0, 0.1) is 0 Å². The summed E-state index contributed by atoms with van der Waals surface area (Å²) in [5, 5.41) is 11.3. The second-order valence-corrected chi connectivity index (χ2v) is 6.40. The first kappa shape index (κ1) is 16.1. The largest absolute Gasteiger partial charge is 0.495 e. The molecule has 0 amide bonds. The Morgan fingerprint density at radius 3 is 2.92 bits per heavy atom. The Morgan fingerprint density at radius 2 is 2.12 bits per heavy atom. The molecule has 25 heavy (non-hydrogen) atoms. The molecule has 4 rings (SSSR count). The number of nitrogens with one attached hydrogen (secondary N) is 1. The van der Waals surface area contributed by atoms with Crippen molar-refractivity contribution in [1.29, 1.82) is 0 Å². The van der Waals surface area contributed by atoms with E-state index in [0.29, 0.717) is 16.1 Å². The average Bonchev–Trinajstić information content (AvgIpc) is 3.11. The van der Waals surface area contributed by atoms with Gasteiger partial charge in [-0.3, -0.25) is 4.40 Å². The number of aromatic nitrogens is 4. The Bertz CT molecular complexity index is 893. The Labute approximate surface area is 152 Å². The summed E-state index contributed by atoms with van der Waals surface area (Å²) in [5.41, 5.74) is 2.58. The minimum absolute atomic E-state index is 0.619. The molecule has 2 aromatic heterocycles. The third-order valence-corrected chi connectivity index (χ3v) is 4.43. The standard InChI is InChI=1S/C16H17BrN6O2/c1-24-13-8-11(2-3-12(13)22-4-6-25-7-5-22)19-15-16-21-18-10-23(16)9-14(17)20-15/h2-3,8-10H,4-7H2,1H3,(H,19,20). The normalized spacial score (nSPS) is 14.7. The van der Waals surface area contributed by atoms with Crippen molar-refractivity contribution in [2.45, 2.75) is 0 Å². The predicted molar refractivity (Wildman–Crippen MR) is 97.8 cm³/mol. The molecule has 0 bridgehead atoms. The van der Waals surface area contributed by atoms with Crippen molar-refractivity contribution in [1.82, 2.24) is 19.6 Å². The number of methoxy groups -OCH3 is 1. The fraction of sp³-hybridized carbons (Fsp3) is 0.312. The molecule has 1 fully saturated rings. The van der Waals surface area contributed by atoms with Crippen LogP contribution in [0.4, 0.5) is 17.2 Å². The first-order chi connectivity index (χ1) is 12.2. The van der Waals surface area contributed by atoms with Gasteiger partial charge in [0.25, 0.3) is 0 Å². The summed E-state index contributed by atoms with van der Waals surface area (Å²) < 4.78 is 13.5. The summed E-state index contributed by atoms with van der Waals surface area (Å²) in [7, 11) is 1.68. The van der Waals surface area contributed by atoms with E-state index in [0.717, 1.165) is 43.4 Å². The lowest BCUT2D eigenvalue weighted by molar-refractivity contribution is 0.122. The van der Waals surface area contributed by atoms with Crippen LogP contribution in [-0.2, 0) is 4.74 Å². The number of benzene rings is 1. The Balaban J connectivity index is 1.65. The van der Waals surface area contributed by atoms with Crippen LogP contribution in [0.5, 0.6) is 5.75 Å². The zero-order valence-electron chi connectivity index (χ0n) is 13.6. The second-order valence-electron chi connectivity index (χ2n) is 5.59. The number of ether oxygens (including phenoxy) is 2. The molecular formula is C16H17BrN6O2. The first-order valence-corrected chi connectivity index (χ1v) is 8.67. The van der Waals surface area contributed by atoms with E-state index in [1.807, 2.05) is 24.4 Å². The highest BCUT2D eigenvalue weighted by Gasteiger charge is 2.16. The first-order valence-electron chi connectivity index (χ1n) is 7.88. The Morgan fingerprint density at radius 1 is 1.28 bits per heavy atom. The van der Waals surface area contributed by atoms with E-state index in [-0.39, 0.29) is 0 Å². The number of hydrogen-bond acceptors (Lipinski definition) is 7. The van der Waals surface area contributed by atoms with Crippen molar-refractivity contribution in [3.63, 3.8) is 0 Å². The van der Waals surface area contributed by atoms with Crippen LogP contribution in [0.3, 0.4) is 0 Å². The smallest absolute Gasteiger partial charge is 0.203 e. The molecule has 3 heterocycles. The van der Waals surface area contributed by atoms with Crippen molar-refractivity contribution >= 4 is 38.8 Å². The molecule has 0 aliphatic carbocycles. The van der Waals surface area contributed by atoms with Gasteiger partial charge < -0.3 is 19.7 Å². The highest BCUT2D eigenvalue weighted by atomic mass is 79.9. The maximum atomic E-state index is 5.59. The second kappa shape index (κ2) is 6.85. The fourth-order valence-electron chi connectivity index (χ4n) is 2.85. The van der Waals surface area contributed by atoms with Crippen molar-refractivity contribution in [3.05, 3.63) is 35.3 Å². The summed E-state index contributed by atoms with van der Waals surface area (Å²) in [6.45, 7) is 3.18. The number of anilines is 3. The number of fused-ring (bicyclic) bond motifs is 1. The maximum absolute atomic E-state index is 5.59. The number of morpholine rings is 1. The van der Waals surface area contributed by atoms with E-state index in [1.54, 1.807) is 17.8 Å². The quantitative estimate of drug-likeness (QED) is 0.715. The molecule has 0 saturated carbocycles. The van der Waals surface area contributed by atoms with Gasteiger partial charge in [-0.25, -0.2) is 4.98 Å². The SMILES string of the molecule is COc1cc(Nc2nc(Br)cn3cnnc23)ccc1N1CCOCC1. The van der Waals surface area contributed by atoms with Crippen molar-refractivity contribution in [2.75, 3.05) is 43.6 Å². The molecular weight excluding hydrogens is 388 g/mol. The average molecular weight is 405 g/mol. The number of halogens is 1. The van der Waals surface area contributed by atoms with Gasteiger partial charge in [0.05, 0.1) is 26.0 Å². The molecule has 1 aromatic carbocycles.